The SMILES string of the molecule is CCOc1ccccc1-c1ccc(N2CCN(C(=O)c3ccc(OC)nc3C(F)(F)F)C[C@H]2CC)c(C(=O)N[C@@H]2CCNC2)n1. The van der Waals surface area contributed by atoms with Crippen molar-refractivity contribution in [3.8, 4) is 22.9 Å². The van der Waals surface area contributed by atoms with Crippen LogP contribution in [0, 0.1) is 0 Å². The number of hydrogen-bond acceptors (Lipinski definition) is 8. The highest BCUT2D eigenvalue weighted by Crippen LogP contribution is 2.35. The van der Waals surface area contributed by atoms with E-state index < -0.39 is 23.3 Å². The van der Waals surface area contributed by atoms with Gasteiger partial charge in [-0.25, -0.2) is 9.97 Å². The summed E-state index contributed by atoms with van der Waals surface area (Å²) in [6.45, 7) is 6.35. The Kier molecular flexibility index (Phi) is 9.76. The summed E-state index contributed by atoms with van der Waals surface area (Å²) in [5.74, 6) is -0.657. The van der Waals surface area contributed by atoms with Crippen LogP contribution in [-0.4, -0.2) is 85.2 Å². The number of pyridine rings is 2. The minimum Gasteiger partial charge on any atom is -0.493 e. The maximum Gasteiger partial charge on any atom is 0.434 e. The first-order valence-electron chi connectivity index (χ1n) is 15.1. The van der Waals surface area contributed by atoms with Crippen molar-refractivity contribution in [2.45, 2.75) is 44.9 Å². The van der Waals surface area contributed by atoms with E-state index in [0.717, 1.165) is 24.6 Å². The Balaban J connectivity index is 1.46. The van der Waals surface area contributed by atoms with Gasteiger partial charge >= 0.3 is 6.18 Å². The number of ether oxygens (including phenoxy) is 2. The lowest BCUT2D eigenvalue weighted by atomic mass is 10.0. The summed E-state index contributed by atoms with van der Waals surface area (Å²) < 4.78 is 52.2. The normalized spacial score (nSPS) is 18.5. The largest absolute Gasteiger partial charge is 0.493 e. The Morgan fingerprint density at radius 3 is 2.56 bits per heavy atom. The Morgan fingerprint density at radius 2 is 1.87 bits per heavy atom. The number of benzene rings is 1. The molecule has 0 saturated carbocycles. The van der Waals surface area contributed by atoms with Crippen molar-refractivity contribution in [2.24, 2.45) is 0 Å². The molecule has 2 N–H and O–H groups in total. The molecule has 0 spiro atoms. The number of carbonyl (C=O) groups is 2. The highest BCUT2D eigenvalue weighted by atomic mass is 19.4. The quantitative estimate of drug-likeness (QED) is 0.360. The number of hydrogen-bond donors (Lipinski definition) is 2. The second-order valence-electron chi connectivity index (χ2n) is 10.9. The highest BCUT2D eigenvalue weighted by molar-refractivity contribution is 5.99. The van der Waals surface area contributed by atoms with E-state index in [9.17, 15) is 22.8 Å². The molecular weight excluding hydrogens is 589 g/mol. The van der Waals surface area contributed by atoms with Crippen LogP contribution in [0.25, 0.3) is 11.3 Å². The molecule has 2 aliphatic rings. The minimum atomic E-state index is -4.84. The number of nitrogens with zero attached hydrogens (tertiary/aromatic N) is 4. The van der Waals surface area contributed by atoms with Gasteiger partial charge in [-0.2, -0.15) is 13.2 Å². The van der Waals surface area contributed by atoms with Gasteiger partial charge in [-0.05, 0) is 56.6 Å². The minimum absolute atomic E-state index is 0.0381. The van der Waals surface area contributed by atoms with E-state index >= 15 is 0 Å². The smallest absolute Gasteiger partial charge is 0.434 e. The Labute approximate surface area is 259 Å². The van der Waals surface area contributed by atoms with Crippen LogP contribution in [0.15, 0.2) is 48.5 Å². The fraction of sp³-hybridized carbons (Fsp3) is 0.438. The molecule has 0 bridgehead atoms. The fourth-order valence-electron chi connectivity index (χ4n) is 5.81. The van der Waals surface area contributed by atoms with E-state index in [1.165, 1.54) is 18.1 Å². The van der Waals surface area contributed by atoms with Crippen molar-refractivity contribution in [2.75, 3.05) is 51.3 Å². The number of aromatic nitrogens is 2. The molecule has 10 nitrogen and oxygen atoms in total. The highest BCUT2D eigenvalue weighted by Gasteiger charge is 2.40. The van der Waals surface area contributed by atoms with Gasteiger partial charge in [-0.3, -0.25) is 9.59 Å². The van der Waals surface area contributed by atoms with Crippen molar-refractivity contribution in [1.29, 1.82) is 0 Å². The summed E-state index contributed by atoms with van der Waals surface area (Å²) in [6, 6.07) is 13.2. The standard InChI is InChI=1S/C32H37F3N6O4/c1-4-21-19-40(31(43)23-10-13-27(44-3)39-29(23)32(33,34)35)16-17-41(21)25-12-11-24(22-8-6-7-9-26(22)45-5-2)38-28(25)30(42)37-20-14-15-36-18-20/h6-13,20-21,36H,4-5,14-19H2,1-3H3,(H,37,42)/t20-,21-/m1/s1. The molecule has 2 saturated heterocycles. The third-order valence-corrected chi connectivity index (χ3v) is 8.08. The molecule has 2 fully saturated rings. The molecular formula is C32H37F3N6O4. The average molecular weight is 627 g/mol. The van der Waals surface area contributed by atoms with E-state index in [0.29, 0.717) is 36.7 Å². The maximum absolute atomic E-state index is 13.9. The number of halogens is 3. The molecule has 2 aliphatic heterocycles. The van der Waals surface area contributed by atoms with Crippen molar-refractivity contribution in [1.82, 2.24) is 25.5 Å². The molecule has 3 aromatic rings. The van der Waals surface area contributed by atoms with Crippen molar-refractivity contribution >= 4 is 17.5 Å². The monoisotopic (exact) mass is 626 g/mol. The molecule has 2 amide bonds. The lowest BCUT2D eigenvalue weighted by Crippen LogP contribution is -2.55. The topological polar surface area (TPSA) is 109 Å². The number of rotatable bonds is 9. The summed E-state index contributed by atoms with van der Waals surface area (Å²) >= 11 is 0. The van der Waals surface area contributed by atoms with E-state index in [2.05, 4.69) is 15.6 Å². The number of carbonyl (C=O) groups excluding carboxylic acids is 2. The van der Waals surface area contributed by atoms with Crippen LogP contribution >= 0.6 is 0 Å². The first-order valence-corrected chi connectivity index (χ1v) is 15.1. The fourth-order valence-corrected chi connectivity index (χ4v) is 5.81. The first-order chi connectivity index (χ1) is 21.6. The molecule has 4 heterocycles. The van der Waals surface area contributed by atoms with Crippen LogP contribution in [-0.2, 0) is 6.18 Å². The van der Waals surface area contributed by atoms with Gasteiger partial charge in [0.05, 0.1) is 30.7 Å². The van der Waals surface area contributed by atoms with Gasteiger partial charge in [0.25, 0.3) is 11.8 Å². The van der Waals surface area contributed by atoms with Crippen LogP contribution < -0.4 is 25.0 Å². The lowest BCUT2D eigenvalue weighted by molar-refractivity contribution is -0.141. The van der Waals surface area contributed by atoms with E-state index in [1.54, 1.807) is 0 Å². The molecule has 0 aliphatic carbocycles. The van der Waals surface area contributed by atoms with Crippen LogP contribution in [0.1, 0.15) is 53.2 Å². The third kappa shape index (κ3) is 6.98. The van der Waals surface area contributed by atoms with Crippen molar-refractivity contribution in [3.05, 3.63) is 65.5 Å². The number of alkyl halides is 3. The van der Waals surface area contributed by atoms with Gasteiger partial charge < -0.3 is 29.9 Å². The summed E-state index contributed by atoms with van der Waals surface area (Å²) in [6.07, 6.45) is -3.47. The number of methoxy groups -OCH3 is 1. The molecule has 240 valence electrons. The zero-order valence-corrected chi connectivity index (χ0v) is 25.5. The van der Waals surface area contributed by atoms with Gasteiger partial charge in [-0.15, -0.1) is 0 Å². The van der Waals surface area contributed by atoms with Crippen LogP contribution in [0.3, 0.4) is 0 Å². The maximum atomic E-state index is 13.9. The van der Waals surface area contributed by atoms with Gasteiger partial charge in [0.1, 0.15) is 5.75 Å². The second-order valence-corrected chi connectivity index (χ2v) is 10.9. The predicted octanol–water partition coefficient (Wildman–Crippen LogP) is 4.40. The molecule has 0 unspecified atom stereocenters. The summed E-state index contributed by atoms with van der Waals surface area (Å²) in [4.78, 5) is 39.0. The first kappa shape index (κ1) is 32.0. The number of nitrogens with one attached hydrogen (secondary N) is 2. The van der Waals surface area contributed by atoms with E-state index in [-0.39, 0.29) is 49.2 Å². The molecule has 5 rings (SSSR count). The molecule has 45 heavy (non-hydrogen) atoms. The van der Waals surface area contributed by atoms with Gasteiger partial charge in [0.2, 0.25) is 5.88 Å². The number of para-hydroxylation sites is 1. The van der Waals surface area contributed by atoms with Crippen molar-refractivity contribution in [3.63, 3.8) is 0 Å². The molecule has 1 aromatic carbocycles. The van der Waals surface area contributed by atoms with Crippen LogP contribution in [0.5, 0.6) is 11.6 Å². The molecule has 2 aromatic heterocycles. The Morgan fingerprint density at radius 1 is 1.07 bits per heavy atom. The molecule has 13 heteroatoms. The second kappa shape index (κ2) is 13.7. The zero-order chi connectivity index (χ0) is 32.1. The van der Waals surface area contributed by atoms with E-state index in [1.807, 2.05) is 55.1 Å². The lowest BCUT2D eigenvalue weighted by Gasteiger charge is -2.43. The Hall–Kier alpha value is -4.39. The summed E-state index contributed by atoms with van der Waals surface area (Å²) in [7, 11) is 1.22. The zero-order valence-electron chi connectivity index (χ0n) is 25.5. The third-order valence-electron chi connectivity index (χ3n) is 8.08. The predicted molar refractivity (Wildman–Crippen MR) is 163 cm³/mol. The Bertz CT molecular complexity index is 1530. The molecule has 2 atom stereocenters. The number of piperazine rings is 1. The molecule has 0 radical (unpaired) electrons. The summed E-state index contributed by atoms with van der Waals surface area (Å²) in [5, 5.41) is 6.34. The summed E-state index contributed by atoms with van der Waals surface area (Å²) in [5.41, 5.74) is 0.343. The van der Waals surface area contributed by atoms with E-state index in [4.69, 9.17) is 14.5 Å². The van der Waals surface area contributed by atoms with Crippen molar-refractivity contribution < 1.29 is 32.2 Å². The van der Waals surface area contributed by atoms with Gasteiger partial charge in [-0.1, -0.05) is 19.1 Å². The van der Waals surface area contributed by atoms with Gasteiger partial charge in [0.15, 0.2) is 11.4 Å². The average Bonchev–Trinajstić information content (AvgIpc) is 3.56. The van der Waals surface area contributed by atoms with Crippen LogP contribution in [0.4, 0.5) is 18.9 Å². The van der Waals surface area contributed by atoms with Crippen LogP contribution in [0.2, 0.25) is 0 Å². The van der Waals surface area contributed by atoms with Gasteiger partial charge in [0, 0.05) is 49.9 Å². The number of anilines is 1. The number of amides is 2.